The third kappa shape index (κ3) is 8.44. The largest absolute Gasteiger partial charge is 0.309 e. The number of nitrogens with zero attached hydrogens (tertiary/aromatic N) is 8. The molecule has 0 fully saturated rings. The van der Waals surface area contributed by atoms with Crippen molar-refractivity contribution in [3.63, 3.8) is 0 Å². The van der Waals surface area contributed by atoms with E-state index in [1.165, 1.54) is 87.2 Å². The van der Waals surface area contributed by atoms with Gasteiger partial charge < -0.3 is 27.4 Å². The van der Waals surface area contributed by atoms with E-state index in [2.05, 4.69) is 367 Å². The highest BCUT2D eigenvalue weighted by Crippen LogP contribution is 2.45. The van der Waals surface area contributed by atoms with Crippen LogP contribution < -0.4 is 0 Å². The minimum absolute atomic E-state index is 0.607. The van der Waals surface area contributed by atoms with Crippen LogP contribution in [0.4, 0.5) is 0 Å². The Hall–Kier alpha value is -14.3. The molecule has 0 aliphatic heterocycles. The Morgan fingerprint density at radius 3 is 0.740 bits per heavy atom. The third-order valence-electron chi connectivity index (χ3n) is 21.9. The SMILES string of the molecule is N#Cc1ccc(-c2ccnc(-c3ccc(-n4c5ccc(-n6c7ccccc7c7ccccc76)cc5c5cc(-n6c7ccccc7c7ccccc76)ccc54)cc3)c2-c2ccc(-n3c4ccc(-n5c6ccccc6c6ccccc65)cc4c4cc(-n5c6ccccc6c6ccccc65)ccc43)cc2)cc1. The predicted octanol–water partition coefficient (Wildman–Crippen LogP) is 24.5. The van der Waals surface area contributed by atoms with E-state index < -0.39 is 0 Å². The summed E-state index contributed by atoms with van der Waals surface area (Å²) in [5, 5.41) is 24.5. The molecule has 0 aliphatic carbocycles. The summed E-state index contributed by atoms with van der Waals surface area (Å²) in [5.74, 6) is 0. The van der Waals surface area contributed by atoms with Crippen molar-refractivity contribution in [2.45, 2.75) is 0 Å². The number of aromatic nitrogens is 7. The topological polar surface area (TPSA) is 66.3 Å². The summed E-state index contributed by atoms with van der Waals surface area (Å²) in [5.41, 5.74) is 26.7. The number of para-hydroxylation sites is 8. The second-order valence-electron chi connectivity index (χ2n) is 27.3. The fourth-order valence-electron chi connectivity index (χ4n) is 17.4. The summed E-state index contributed by atoms with van der Waals surface area (Å²) in [6, 6.07) is 128. The number of hydrogen-bond donors (Lipinski definition) is 0. The maximum Gasteiger partial charge on any atom is 0.0991 e. The van der Waals surface area contributed by atoms with Gasteiger partial charge in [0.1, 0.15) is 0 Å². The lowest BCUT2D eigenvalue weighted by Gasteiger charge is -2.17. The first-order chi connectivity index (χ1) is 51.6. The Morgan fingerprint density at radius 2 is 0.452 bits per heavy atom. The van der Waals surface area contributed by atoms with Gasteiger partial charge in [0.15, 0.2) is 0 Å². The molecule has 15 aromatic carbocycles. The molecule has 0 saturated carbocycles. The molecule has 0 bridgehead atoms. The van der Waals surface area contributed by atoms with E-state index in [1.54, 1.807) is 0 Å². The average Bonchev–Trinajstić information content (AvgIpc) is 1.55. The van der Waals surface area contributed by atoms with Gasteiger partial charge in [-0.1, -0.05) is 182 Å². The van der Waals surface area contributed by atoms with Crippen molar-refractivity contribution in [1.82, 2.24) is 32.4 Å². The summed E-state index contributed by atoms with van der Waals surface area (Å²) < 4.78 is 14.5. The molecule has 0 saturated heterocycles. The van der Waals surface area contributed by atoms with Crippen LogP contribution >= 0.6 is 0 Å². The molecule has 0 N–H and O–H groups in total. The lowest BCUT2D eigenvalue weighted by Crippen LogP contribution is -1.98. The van der Waals surface area contributed by atoms with Crippen LogP contribution in [0.5, 0.6) is 0 Å². The Bertz CT molecular complexity index is 6850. The van der Waals surface area contributed by atoms with Crippen LogP contribution in [0, 0.1) is 11.3 Å². The number of pyridine rings is 1. The zero-order chi connectivity index (χ0) is 68.3. The molecule has 8 heteroatoms. The molecular formula is C96H58N8. The molecule has 22 aromatic rings. The van der Waals surface area contributed by atoms with Crippen molar-refractivity contribution in [3.05, 3.63) is 358 Å². The third-order valence-corrected chi connectivity index (χ3v) is 21.9. The Balaban J connectivity index is 0.702. The number of benzene rings is 15. The molecule has 0 radical (unpaired) electrons. The minimum Gasteiger partial charge on any atom is -0.309 e. The van der Waals surface area contributed by atoms with Gasteiger partial charge in [0, 0.05) is 116 Å². The molecule has 0 aliphatic rings. The van der Waals surface area contributed by atoms with Gasteiger partial charge in [-0.25, -0.2) is 0 Å². The monoisotopic (exact) mass is 1320 g/mol. The number of fused-ring (bicyclic) bond motifs is 18. The fourth-order valence-corrected chi connectivity index (χ4v) is 17.4. The molecule has 22 rings (SSSR count). The van der Waals surface area contributed by atoms with E-state index in [0.29, 0.717) is 5.56 Å². The van der Waals surface area contributed by atoms with Crippen molar-refractivity contribution in [1.29, 1.82) is 5.26 Å². The van der Waals surface area contributed by atoms with Gasteiger partial charge in [0.2, 0.25) is 0 Å². The Labute approximate surface area is 596 Å². The quantitative estimate of drug-likeness (QED) is 0.145. The van der Waals surface area contributed by atoms with E-state index in [4.69, 9.17) is 4.98 Å². The first-order valence-corrected chi connectivity index (χ1v) is 35.4. The zero-order valence-electron chi connectivity index (χ0n) is 56.1. The van der Waals surface area contributed by atoms with Crippen molar-refractivity contribution in [2.24, 2.45) is 0 Å². The smallest absolute Gasteiger partial charge is 0.0991 e. The summed E-state index contributed by atoms with van der Waals surface area (Å²) in [4.78, 5) is 5.31. The summed E-state index contributed by atoms with van der Waals surface area (Å²) >= 11 is 0. The van der Waals surface area contributed by atoms with Crippen molar-refractivity contribution in [3.8, 4) is 73.7 Å². The lowest BCUT2D eigenvalue weighted by atomic mass is 9.90. The van der Waals surface area contributed by atoms with Gasteiger partial charge in [0.05, 0.1) is 83.5 Å². The van der Waals surface area contributed by atoms with E-state index in [9.17, 15) is 5.26 Å². The maximum absolute atomic E-state index is 10.0. The molecule has 0 spiro atoms. The lowest BCUT2D eigenvalue weighted by molar-refractivity contribution is 1.16. The van der Waals surface area contributed by atoms with Gasteiger partial charge in [-0.05, 0) is 180 Å². The van der Waals surface area contributed by atoms with Crippen molar-refractivity contribution in [2.75, 3.05) is 0 Å². The van der Waals surface area contributed by atoms with Gasteiger partial charge in [-0.2, -0.15) is 5.26 Å². The van der Waals surface area contributed by atoms with E-state index >= 15 is 0 Å². The van der Waals surface area contributed by atoms with E-state index in [0.717, 1.165) is 111 Å². The minimum atomic E-state index is 0.607. The number of rotatable bonds is 9. The highest BCUT2D eigenvalue weighted by atomic mass is 15.0. The molecule has 8 nitrogen and oxygen atoms in total. The summed E-state index contributed by atoms with van der Waals surface area (Å²) in [6.45, 7) is 0. The highest BCUT2D eigenvalue weighted by molar-refractivity contribution is 6.17. The van der Waals surface area contributed by atoms with Crippen LogP contribution in [0.1, 0.15) is 5.56 Å². The Morgan fingerprint density at radius 1 is 0.212 bits per heavy atom. The van der Waals surface area contributed by atoms with Gasteiger partial charge >= 0.3 is 0 Å². The second-order valence-corrected chi connectivity index (χ2v) is 27.3. The highest BCUT2D eigenvalue weighted by Gasteiger charge is 2.24. The molecule has 7 aromatic heterocycles. The standard InChI is InChI=1S/C96H58N8/c97-59-60-33-35-61(36-34-60)70-53-54-98-96(63-39-43-65(44-40-63)100-93-51-47-68(103-87-29-13-5-21-75(87)76-22-6-14-30-88(76)103)57-81(93)82-58-69(48-52-94(82)100)104-89-31-15-7-23-77(89)78-24-8-16-32-90(78)104)95(70)62-37-41-64(42-38-62)99-91-49-45-66(101-83-25-9-1-17-71(83)72-18-2-10-26-84(72)101)55-79(91)80-56-67(46-50-92(80)99)102-85-27-11-3-19-73(85)74-20-4-12-28-86(74)102/h1-58H. The molecule has 482 valence electrons. The van der Waals surface area contributed by atoms with Crippen LogP contribution in [0.15, 0.2) is 352 Å². The van der Waals surface area contributed by atoms with Crippen LogP contribution in [0.3, 0.4) is 0 Å². The molecule has 0 amide bonds. The van der Waals surface area contributed by atoms with Crippen molar-refractivity contribution < 1.29 is 0 Å². The van der Waals surface area contributed by atoms with Crippen LogP contribution in [0.25, 0.3) is 198 Å². The maximum atomic E-state index is 10.0. The van der Waals surface area contributed by atoms with Gasteiger partial charge in [0.25, 0.3) is 0 Å². The van der Waals surface area contributed by atoms with E-state index in [1.807, 2.05) is 18.3 Å². The fraction of sp³-hybridized carbons (Fsp3) is 0. The zero-order valence-corrected chi connectivity index (χ0v) is 56.1. The normalized spacial score (nSPS) is 12.0. The molecule has 7 heterocycles. The van der Waals surface area contributed by atoms with Crippen LogP contribution in [-0.2, 0) is 0 Å². The van der Waals surface area contributed by atoms with Crippen LogP contribution in [0.2, 0.25) is 0 Å². The first-order valence-electron chi connectivity index (χ1n) is 35.4. The molecule has 0 unspecified atom stereocenters. The second kappa shape index (κ2) is 22.4. The van der Waals surface area contributed by atoms with Crippen molar-refractivity contribution >= 4 is 131 Å². The van der Waals surface area contributed by atoms with Crippen LogP contribution in [-0.4, -0.2) is 32.4 Å². The molecule has 0 atom stereocenters. The van der Waals surface area contributed by atoms with Gasteiger partial charge in [-0.3, -0.25) is 4.98 Å². The summed E-state index contributed by atoms with van der Waals surface area (Å²) in [6.07, 6.45) is 1.92. The molecule has 104 heavy (non-hydrogen) atoms. The molecular weight excluding hydrogens is 1270 g/mol. The predicted molar refractivity (Wildman–Crippen MR) is 431 cm³/mol. The number of nitriles is 1. The summed E-state index contributed by atoms with van der Waals surface area (Å²) in [7, 11) is 0. The first kappa shape index (κ1) is 57.6. The Kier molecular flexibility index (Phi) is 12.4. The average molecular weight is 1320 g/mol. The van der Waals surface area contributed by atoms with E-state index in [-0.39, 0.29) is 0 Å². The number of hydrogen-bond acceptors (Lipinski definition) is 2. The van der Waals surface area contributed by atoms with Gasteiger partial charge in [-0.15, -0.1) is 0 Å².